The Morgan fingerprint density at radius 2 is 2.05 bits per heavy atom. The predicted octanol–water partition coefficient (Wildman–Crippen LogP) is 2.93. The molecule has 3 N–H and O–H groups in total. The van der Waals surface area contributed by atoms with Gasteiger partial charge in [0.05, 0.1) is 6.10 Å². The van der Waals surface area contributed by atoms with Gasteiger partial charge in [0.15, 0.2) is 0 Å². The van der Waals surface area contributed by atoms with Crippen molar-refractivity contribution < 1.29 is 9.53 Å². The molecule has 0 radical (unpaired) electrons. The third kappa shape index (κ3) is 4.23. The van der Waals surface area contributed by atoms with E-state index in [2.05, 4.69) is 5.32 Å². The van der Waals surface area contributed by atoms with Gasteiger partial charge in [-0.05, 0) is 56.9 Å². The van der Waals surface area contributed by atoms with Crippen LogP contribution in [0.15, 0.2) is 24.3 Å². The van der Waals surface area contributed by atoms with E-state index in [0.29, 0.717) is 12.3 Å². The maximum Gasteiger partial charge on any atom is 0.224 e. The minimum atomic E-state index is 0.0462. The van der Waals surface area contributed by atoms with Crippen LogP contribution in [-0.4, -0.2) is 18.1 Å². The molecule has 2 atom stereocenters. The summed E-state index contributed by atoms with van der Waals surface area (Å²) in [5.41, 5.74) is 6.79. The minimum Gasteiger partial charge on any atom is -0.491 e. The van der Waals surface area contributed by atoms with Crippen molar-refractivity contribution in [2.24, 2.45) is 11.7 Å². The molecule has 1 fully saturated rings. The van der Waals surface area contributed by atoms with Crippen molar-refractivity contribution in [2.75, 3.05) is 5.32 Å². The normalized spacial score (nSPS) is 22.0. The Labute approximate surface area is 120 Å². The highest BCUT2D eigenvalue weighted by molar-refractivity contribution is 5.90. The zero-order valence-electron chi connectivity index (χ0n) is 12.3. The van der Waals surface area contributed by atoms with Crippen LogP contribution >= 0.6 is 0 Å². The van der Waals surface area contributed by atoms with Gasteiger partial charge >= 0.3 is 0 Å². The molecule has 110 valence electrons. The standard InChI is InChI=1S/C16H24N2O2/c1-11(2)20-14-8-6-13(7-9-14)18-16(19)10-12-4-3-5-15(12)17/h6-9,11-12,15H,3-5,10,17H2,1-2H3,(H,18,19)/t12-,15+/m0/s1. The number of nitrogens with two attached hydrogens (primary N) is 1. The van der Waals surface area contributed by atoms with Crippen molar-refractivity contribution in [3.8, 4) is 5.75 Å². The van der Waals surface area contributed by atoms with Crippen molar-refractivity contribution in [1.82, 2.24) is 0 Å². The van der Waals surface area contributed by atoms with E-state index in [1.54, 1.807) is 0 Å². The molecule has 0 aliphatic heterocycles. The van der Waals surface area contributed by atoms with Gasteiger partial charge in [0.1, 0.15) is 5.75 Å². The Morgan fingerprint density at radius 3 is 2.60 bits per heavy atom. The third-order valence-corrected chi connectivity index (χ3v) is 3.68. The molecule has 0 spiro atoms. The average molecular weight is 276 g/mol. The second-order valence-corrected chi connectivity index (χ2v) is 5.80. The van der Waals surface area contributed by atoms with Crippen molar-refractivity contribution in [3.05, 3.63) is 24.3 Å². The van der Waals surface area contributed by atoms with Crippen LogP contribution in [0.3, 0.4) is 0 Å². The first-order valence-corrected chi connectivity index (χ1v) is 7.36. The van der Waals surface area contributed by atoms with Gasteiger partial charge in [-0.25, -0.2) is 0 Å². The number of carbonyl (C=O) groups excluding carboxylic acids is 1. The van der Waals surface area contributed by atoms with Gasteiger partial charge in [-0.3, -0.25) is 4.79 Å². The fraction of sp³-hybridized carbons (Fsp3) is 0.562. The van der Waals surface area contributed by atoms with E-state index in [9.17, 15) is 4.79 Å². The van der Waals surface area contributed by atoms with E-state index in [0.717, 1.165) is 30.7 Å². The van der Waals surface area contributed by atoms with Crippen LogP contribution in [0.2, 0.25) is 0 Å². The van der Waals surface area contributed by atoms with Crippen LogP contribution in [0.4, 0.5) is 5.69 Å². The number of rotatable bonds is 5. The molecule has 0 heterocycles. The van der Waals surface area contributed by atoms with Gasteiger partial charge in [0.2, 0.25) is 5.91 Å². The zero-order chi connectivity index (χ0) is 14.5. The molecule has 2 rings (SSSR count). The van der Waals surface area contributed by atoms with E-state index < -0.39 is 0 Å². The molecule has 0 unspecified atom stereocenters. The molecule has 4 nitrogen and oxygen atoms in total. The Bertz CT molecular complexity index is 442. The number of benzene rings is 1. The van der Waals surface area contributed by atoms with Crippen LogP contribution < -0.4 is 15.8 Å². The fourth-order valence-electron chi connectivity index (χ4n) is 2.66. The maximum atomic E-state index is 12.0. The second-order valence-electron chi connectivity index (χ2n) is 5.80. The Kier molecular flexibility index (Phi) is 5.01. The first-order valence-electron chi connectivity index (χ1n) is 7.36. The summed E-state index contributed by atoms with van der Waals surface area (Å²) in [6.07, 6.45) is 3.92. The largest absolute Gasteiger partial charge is 0.491 e. The van der Waals surface area contributed by atoms with Crippen molar-refractivity contribution in [3.63, 3.8) is 0 Å². The third-order valence-electron chi connectivity index (χ3n) is 3.68. The lowest BCUT2D eigenvalue weighted by atomic mass is 10.00. The van der Waals surface area contributed by atoms with E-state index in [4.69, 9.17) is 10.5 Å². The molecular formula is C16H24N2O2. The van der Waals surface area contributed by atoms with Crippen LogP contribution in [-0.2, 0) is 4.79 Å². The lowest BCUT2D eigenvalue weighted by molar-refractivity contribution is -0.117. The van der Waals surface area contributed by atoms with Gasteiger partial charge in [0.25, 0.3) is 0 Å². The van der Waals surface area contributed by atoms with Gasteiger partial charge in [-0.1, -0.05) is 6.42 Å². The molecule has 20 heavy (non-hydrogen) atoms. The average Bonchev–Trinajstić information content (AvgIpc) is 2.77. The fourth-order valence-corrected chi connectivity index (χ4v) is 2.66. The summed E-state index contributed by atoms with van der Waals surface area (Å²) in [7, 11) is 0. The second kappa shape index (κ2) is 6.75. The van der Waals surface area contributed by atoms with Crippen molar-refractivity contribution in [1.29, 1.82) is 0 Å². The number of nitrogens with one attached hydrogen (secondary N) is 1. The Morgan fingerprint density at radius 1 is 1.35 bits per heavy atom. The maximum absolute atomic E-state index is 12.0. The summed E-state index contributed by atoms with van der Waals surface area (Å²) in [5, 5.41) is 2.92. The minimum absolute atomic E-state index is 0.0462. The number of anilines is 1. The number of hydrogen-bond donors (Lipinski definition) is 2. The van der Waals surface area contributed by atoms with Gasteiger partial charge in [0, 0.05) is 18.2 Å². The number of hydrogen-bond acceptors (Lipinski definition) is 3. The molecule has 1 amide bonds. The monoisotopic (exact) mass is 276 g/mol. The molecule has 1 aromatic carbocycles. The molecule has 1 aliphatic carbocycles. The highest BCUT2D eigenvalue weighted by Gasteiger charge is 2.25. The van der Waals surface area contributed by atoms with E-state index in [1.807, 2.05) is 38.1 Å². The molecule has 0 bridgehead atoms. The summed E-state index contributed by atoms with van der Waals surface area (Å²) in [6.45, 7) is 3.97. The SMILES string of the molecule is CC(C)Oc1ccc(NC(=O)C[C@@H]2CCC[C@H]2N)cc1. The lowest BCUT2D eigenvalue weighted by Gasteiger charge is -2.15. The van der Waals surface area contributed by atoms with E-state index in [1.165, 1.54) is 0 Å². The molecule has 1 saturated carbocycles. The topological polar surface area (TPSA) is 64.3 Å². The van der Waals surface area contributed by atoms with Gasteiger partial charge < -0.3 is 15.8 Å². The van der Waals surface area contributed by atoms with E-state index >= 15 is 0 Å². The Balaban J connectivity index is 1.84. The first-order chi connectivity index (χ1) is 9.54. The Hall–Kier alpha value is -1.55. The summed E-state index contributed by atoms with van der Waals surface area (Å²) in [5.74, 6) is 1.19. The quantitative estimate of drug-likeness (QED) is 0.869. The van der Waals surface area contributed by atoms with Gasteiger partial charge in [-0.2, -0.15) is 0 Å². The number of amides is 1. The van der Waals surface area contributed by atoms with Crippen LogP contribution in [0.25, 0.3) is 0 Å². The summed E-state index contributed by atoms with van der Waals surface area (Å²) in [6, 6.07) is 7.66. The summed E-state index contributed by atoms with van der Waals surface area (Å²) < 4.78 is 5.57. The predicted molar refractivity (Wildman–Crippen MR) is 80.8 cm³/mol. The van der Waals surface area contributed by atoms with Crippen LogP contribution in [0.5, 0.6) is 5.75 Å². The summed E-state index contributed by atoms with van der Waals surface area (Å²) >= 11 is 0. The lowest BCUT2D eigenvalue weighted by Crippen LogP contribution is -2.28. The number of carbonyl (C=O) groups is 1. The highest BCUT2D eigenvalue weighted by atomic mass is 16.5. The first kappa shape index (κ1) is 14.9. The molecule has 0 aromatic heterocycles. The van der Waals surface area contributed by atoms with E-state index in [-0.39, 0.29) is 18.1 Å². The smallest absolute Gasteiger partial charge is 0.224 e. The molecule has 0 saturated heterocycles. The van der Waals surface area contributed by atoms with Crippen LogP contribution in [0.1, 0.15) is 39.5 Å². The van der Waals surface area contributed by atoms with Crippen LogP contribution in [0, 0.1) is 5.92 Å². The number of ether oxygens (including phenoxy) is 1. The molecule has 4 heteroatoms. The van der Waals surface area contributed by atoms with Crippen molar-refractivity contribution >= 4 is 11.6 Å². The molecule has 1 aliphatic rings. The summed E-state index contributed by atoms with van der Waals surface area (Å²) in [4.78, 5) is 12.0. The zero-order valence-corrected chi connectivity index (χ0v) is 12.3. The van der Waals surface area contributed by atoms with Crippen molar-refractivity contribution in [2.45, 2.75) is 51.7 Å². The molecular weight excluding hydrogens is 252 g/mol. The highest BCUT2D eigenvalue weighted by Crippen LogP contribution is 2.27. The molecule has 1 aromatic rings. The van der Waals surface area contributed by atoms with Gasteiger partial charge in [-0.15, -0.1) is 0 Å².